The Labute approximate surface area is 155 Å². The SMILES string of the molecule is COC(=O)[C@@H](CCSC)NC(=O)c1c(-c2ccccc2Cl)noc1C. The predicted molar refractivity (Wildman–Crippen MR) is 98.0 cm³/mol. The van der Waals surface area contributed by atoms with Crippen LogP contribution in [0.5, 0.6) is 0 Å². The van der Waals surface area contributed by atoms with Crippen molar-refractivity contribution >= 4 is 35.2 Å². The van der Waals surface area contributed by atoms with Gasteiger partial charge in [-0.3, -0.25) is 4.79 Å². The average Bonchev–Trinajstić information content (AvgIpc) is 2.99. The number of benzene rings is 1. The number of ether oxygens (including phenoxy) is 1. The summed E-state index contributed by atoms with van der Waals surface area (Å²) >= 11 is 7.78. The molecule has 1 amide bonds. The summed E-state index contributed by atoms with van der Waals surface area (Å²) in [5, 5.41) is 7.12. The first-order valence-electron chi connectivity index (χ1n) is 7.58. The van der Waals surface area contributed by atoms with Crippen molar-refractivity contribution in [2.24, 2.45) is 0 Å². The number of nitrogens with zero attached hydrogens (tertiary/aromatic N) is 1. The van der Waals surface area contributed by atoms with Gasteiger partial charge >= 0.3 is 5.97 Å². The lowest BCUT2D eigenvalue weighted by Crippen LogP contribution is -2.42. The summed E-state index contributed by atoms with van der Waals surface area (Å²) in [7, 11) is 1.29. The van der Waals surface area contributed by atoms with E-state index in [1.54, 1.807) is 43.0 Å². The topological polar surface area (TPSA) is 81.4 Å². The number of hydrogen-bond acceptors (Lipinski definition) is 6. The third-order valence-corrected chi connectivity index (χ3v) is 4.59. The molecule has 1 atom stereocenters. The lowest BCUT2D eigenvalue weighted by molar-refractivity contribution is -0.142. The second kappa shape index (κ2) is 8.92. The van der Waals surface area contributed by atoms with Gasteiger partial charge in [-0.05, 0) is 31.4 Å². The second-order valence-corrected chi connectivity index (χ2v) is 6.67. The molecule has 0 saturated heterocycles. The lowest BCUT2D eigenvalue weighted by atomic mass is 10.0. The zero-order chi connectivity index (χ0) is 18.4. The highest BCUT2D eigenvalue weighted by molar-refractivity contribution is 7.98. The summed E-state index contributed by atoms with van der Waals surface area (Å²) in [6, 6.07) is 6.30. The summed E-state index contributed by atoms with van der Waals surface area (Å²) in [6.07, 6.45) is 2.39. The van der Waals surface area contributed by atoms with Gasteiger partial charge in [0.1, 0.15) is 23.1 Å². The number of carbonyl (C=O) groups is 2. The van der Waals surface area contributed by atoms with E-state index in [0.29, 0.717) is 34.2 Å². The molecule has 0 radical (unpaired) electrons. The van der Waals surface area contributed by atoms with E-state index >= 15 is 0 Å². The van der Waals surface area contributed by atoms with E-state index in [1.807, 2.05) is 6.26 Å². The summed E-state index contributed by atoms with van der Waals surface area (Å²) in [5.41, 5.74) is 1.19. The zero-order valence-electron chi connectivity index (χ0n) is 14.2. The monoisotopic (exact) mass is 382 g/mol. The molecule has 0 saturated carbocycles. The molecule has 2 rings (SSSR count). The summed E-state index contributed by atoms with van der Waals surface area (Å²) in [4.78, 5) is 24.7. The normalized spacial score (nSPS) is 11.8. The summed E-state index contributed by atoms with van der Waals surface area (Å²) < 4.78 is 9.95. The Morgan fingerprint density at radius 1 is 1.40 bits per heavy atom. The number of hydrogen-bond donors (Lipinski definition) is 1. The molecule has 0 spiro atoms. The number of thioether (sulfide) groups is 1. The fraction of sp³-hybridized carbons (Fsp3) is 0.353. The second-order valence-electron chi connectivity index (χ2n) is 5.27. The zero-order valence-corrected chi connectivity index (χ0v) is 15.7. The van der Waals surface area contributed by atoms with Crippen molar-refractivity contribution in [1.82, 2.24) is 10.5 Å². The lowest BCUT2D eigenvalue weighted by Gasteiger charge is -2.16. The van der Waals surface area contributed by atoms with Gasteiger partial charge in [0.25, 0.3) is 5.91 Å². The Balaban J connectivity index is 2.31. The van der Waals surface area contributed by atoms with E-state index in [2.05, 4.69) is 10.5 Å². The van der Waals surface area contributed by atoms with Gasteiger partial charge in [-0.1, -0.05) is 35.0 Å². The van der Waals surface area contributed by atoms with Crippen LogP contribution in [0.1, 0.15) is 22.5 Å². The Hall–Kier alpha value is -1.99. The molecule has 0 aliphatic carbocycles. The van der Waals surface area contributed by atoms with Crippen LogP contribution in [0.15, 0.2) is 28.8 Å². The fourth-order valence-corrected chi connectivity index (χ4v) is 3.03. The minimum Gasteiger partial charge on any atom is -0.467 e. The number of aryl methyl sites for hydroxylation is 1. The third-order valence-electron chi connectivity index (χ3n) is 3.62. The molecule has 0 bridgehead atoms. The van der Waals surface area contributed by atoms with Crippen LogP contribution in [0.3, 0.4) is 0 Å². The Morgan fingerprint density at radius 3 is 2.76 bits per heavy atom. The minimum absolute atomic E-state index is 0.256. The Bertz CT molecular complexity index is 763. The molecule has 6 nitrogen and oxygen atoms in total. The number of rotatable bonds is 7. The number of aromatic nitrogens is 1. The minimum atomic E-state index is -0.738. The van der Waals surface area contributed by atoms with Crippen LogP contribution in [0.4, 0.5) is 0 Å². The predicted octanol–water partition coefficient (Wildman–Crippen LogP) is 3.33. The number of nitrogens with one attached hydrogen (secondary N) is 1. The molecule has 8 heteroatoms. The van der Waals surface area contributed by atoms with Gasteiger partial charge in [-0.15, -0.1) is 0 Å². The van der Waals surface area contributed by atoms with E-state index in [9.17, 15) is 9.59 Å². The molecule has 134 valence electrons. The van der Waals surface area contributed by atoms with Gasteiger partial charge in [-0.2, -0.15) is 11.8 Å². The van der Waals surface area contributed by atoms with Crippen molar-refractivity contribution in [1.29, 1.82) is 0 Å². The molecule has 1 N–H and O–H groups in total. The first-order chi connectivity index (χ1) is 12.0. The van der Waals surface area contributed by atoms with Gasteiger partial charge in [0.05, 0.1) is 12.1 Å². The first-order valence-corrected chi connectivity index (χ1v) is 9.35. The van der Waals surface area contributed by atoms with Crippen LogP contribution in [-0.4, -0.2) is 42.2 Å². The highest BCUT2D eigenvalue weighted by Gasteiger charge is 2.27. The van der Waals surface area contributed by atoms with Gasteiger partial charge in [0.15, 0.2) is 0 Å². The maximum Gasteiger partial charge on any atom is 0.328 e. The third kappa shape index (κ3) is 4.55. The Morgan fingerprint density at radius 2 is 2.12 bits per heavy atom. The van der Waals surface area contributed by atoms with E-state index in [-0.39, 0.29) is 5.56 Å². The molecule has 1 aromatic heterocycles. The molecular formula is C17H19ClN2O4S. The van der Waals surface area contributed by atoms with Crippen LogP contribution in [0.25, 0.3) is 11.3 Å². The van der Waals surface area contributed by atoms with Crippen molar-refractivity contribution in [2.75, 3.05) is 19.1 Å². The van der Waals surface area contributed by atoms with Crippen molar-refractivity contribution in [3.05, 3.63) is 40.6 Å². The van der Waals surface area contributed by atoms with Gasteiger partial charge in [-0.25, -0.2) is 4.79 Å². The number of esters is 1. The van der Waals surface area contributed by atoms with Crippen LogP contribution in [0.2, 0.25) is 5.02 Å². The molecule has 2 aromatic rings. The number of carbonyl (C=O) groups excluding carboxylic acids is 2. The van der Waals surface area contributed by atoms with Crippen LogP contribution < -0.4 is 5.32 Å². The first kappa shape index (κ1) is 19.3. The quantitative estimate of drug-likeness (QED) is 0.740. The van der Waals surface area contributed by atoms with Gasteiger partial charge in [0.2, 0.25) is 0 Å². The van der Waals surface area contributed by atoms with E-state index in [0.717, 1.165) is 0 Å². The molecule has 0 aliphatic heterocycles. The van der Waals surface area contributed by atoms with E-state index < -0.39 is 17.9 Å². The van der Waals surface area contributed by atoms with Crippen molar-refractivity contribution < 1.29 is 18.8 Å². The van der Waals surface area contributed by atoms with Crippen LogP contribution >= 0.6 is 23.4 Å². The smallest absolute Gasteiger partial charge is 0.328 e. The molecule has 25 heavy (non-hydrogen) atoms. The van der Waals surface area contributed by atoms with Gasteiger partial charge in [0, 0.05) is 5.56 Å². The van der Waals surface area contributed by atoms with Crippen molar-refractivity contribution in [3.8, 4) is 11.3 Å². The molecule has 0 aliphatic rings. The highest BCUT2D eigenvalue weighted by Crippen LogP contribution is 2.31. The number of methoxy groups -OCH3 is 1. The van der Waals surface area contributed by atoms with E-state index in [4.69, 9.17) is 20.9 Å². The van der Waals surface area contributed by atoms with E-state index in [1.165, 1.54) is 7.11 Å². The molecule has 1 aromatic carbocycles. The molecular weight excluding hydrogens is 364 g/mol. The highest BCUT2D eigenvalue weighted by atomic mass is 35.5. The summed E-state index contributed by atoms with van der Waals surface area (Å²) in [5.74, 6) is 0.113. The largest absolute Gasteiger partial charge is 0.467 e. The number of amides is 1. The molecule has 0 unspecified atom stereocenters. The van der Waals surface area contributed by atoms with Crippen molar-refractivity contribution in [3.63, 3.8) is 0 Å². The fourth-order valence-electron chi connectivity index (χ4n) is 2.33. The number of halogens is 1. The van der Waals surface area contributed by atoms with Crippen molar-refractivity contribution in [2.45, 2.75) is 19.4 Å². The standard InChI is InChI=1S/C17H19ClN2O4S/c1-10-14(15(20-24-10)11-6-4-5-7-12(11)18)16(21)19-13(8-9-25-3)17(22)23-2/h4-7,13H,8-9H2,1-3H3,(H,19,21)/t13-/m1/s1. The summed E-state index contributed by atoms with van der Waals surface area (Å²) in [6.45, 7) is 1.64. The molecule has 1 heterocycles. The Kier molecular flexibility index (Phi) is 6.90. The van der Waals surface area contributed by atoms with Crippen LogP contribution in [-0.2, 0) is 9.53 Å². The molecule has 0 fully saturated rings. The van der Waals surface area contributed by atoms with Gasteiger partial charge < -0.3 is 14.6 Å². The maximum absolute atomic E-state index is 12.8. The average molecular weight is 383 g/mol. The van der Waals surface area contributed by atoms with Crippen LogP contribution in [0, 0.1) is 6.92 Å². The maximum atomic E-state index is 12.8.